The first-order chi connectivity index (χ1) is 8.53. The maximum absolute atomic E-state index is 12.0. The molecule has 2 N–H and O–H groups in total. The van der Waals surface area contributed by atoms with Gasteiger partial charge in [0.05, 0.1) is 6.61 Å². The van der Waals surface area contributed by atoms with E-state index >= 15 is 0 Å². The molecule has 2 heterocycles. The Morgan fingerprint density at radius 3 is 2.67 bits per heavy atom. The summed E-state index contributed by atoms with van der Waals surface area (Å²) in [5.41, 5.74) is 0. The molecule has 98 valence electrons. The quantitative estimate of drug-likeness (QED) is 0.853. The highest BCUT2D eigenvalue weighted by Gasteiger charge is 2.17. The van der Waals surface area contributed by atoms with Gasteiger partial charge in [-0.3, -0.25) is 0 Å². The molecule has 2 rings (SSSR count). The number of hydrogen-bond donors (Lipinski definition) is 2. The average Bonchev–Trinajstić information content (AvgIpc) is 2.95. The van der Waals surface area contributed by atoms with Crippen LogP contribution in [0.4, 0.5) is 0 Å². The van der Waals surface area contributed by atoms with Gasteiger partial charge in [-0.15, -0.1) is 22.7 Å². The van der Waals surface area contributed by atoms with Crippen molar-refractivity contribution in [3.8, 4) is 0 Å². The summed E-state index contributed by atoms with van der Waals surface area (Å²) in [4.78, 5) is 1.56. The van der Waals surface area contributed by atoms with Gasteiger partial charge in [-0.1, -0.05) is 0 Å². The number of aliphatic hydroxyl groups is 1. The fourth-order valence-electron chi connectivity index (χ4n) is 1.27. The molecule has 0 aliphatic rings. The van der Waals surface area contributed by atoms with Gasteiger partial charge >= 0.3 is 0 Å². The lowest BCUT2D eigenvalue weighted by Gasteiger charge is -2.03. The third-order valence-electron chi connectivity index (χ3n) is 2.17. The maximum Gasteiger partial charge on any atom is 0.250 e. The zero-order valence-electron chi connectivity index (χ0n) is 9.09. The second-order valence-corrected chi connectivity index (χ2v) is 8.41. The van der Waals surface area contributed by atoms with E-state index in [2.05, 4.69) is 20.7 Å². The van der Waals surface area contributed by atoms with Crippen molar-refractivity contribution in [2.75, 3.05) is 0 Å². The van der Waals surface area contributed by atoms with Crippen LogP contribution >= 0.6 is 38.6 Å². The summed E-state index contributed by atoms with van der Waals surface area (Å²) in [5.74, 6) is 0. The zero-order valence-corrected chi connectivity index (χ0v) is 13.1. The van der Waals surface area contributed by atoms with Crippen LogP contribution in [0.5, 0.6) is 0 Å². The lowest BCUT2D eigenvalue weighted by Crippen LogP contribution is -2.22. The summed E-state index contributed by atoms with van der Waals surface area (Å²) in [7, 11) is -3.50. The van der Waals surface area contributed by atoms with Crippen molar-refractivity contribution in [1.82, 2.24) is 4.72 Å². The molecular formula is C10H10BrNO3S3. The Hall–Kier alpha value is -0.250. The highest BCUT2D eigenvalue weighted by atomic mass is 79.9. The lowest BCUT2D eigenvalue weighted by atomic mass is 10.5. The molecule has 4 nitrogen and oxygen atoms in total. The van der Waals surface area contributed by atoms with Crippen LogP contribution in [-0.4, -0.2) is 13.5 Å². The van der Waals surface area contributed by atoms with Crippen LogP contribution in [-0.2, 0) is 23.2 Å². The molecule has 0 unspecified atom stereocenters. The summed E-state index contributed by atoms with van der Waals surface area (Å²) >= 11 is 5.91. The second-order valence-electron chi connectivity index (χ2n) is 3.40. The van der Waals surface area contributed by atoms with Gasteiger partial charge < -0.3 is 5.11 Å². The smallest absolute Gasteiger partial charge is 0.250 e. The van der Waals surface area contributed by atoms with E-state index in [-0.39, 0.29) is 17.4 Å². The Labute approximate surface area is 121 Å². The Morgan fingerprint density at radius 2 is 2.11 bits per heavy atom. The minimum absolute atomic E-state index is 0.142. The average molecular weight is 368 g/mol. The van der Waals surface area contributed by atoms with Gasteiger partial charge in [0.25, 0.3) is 0 Å². The standard InChI is InChI=1S/C10H10BrNO3S3/c11-8-3-4-16-9(8)5-12-18(14,15)10-2-1-7(6-13)17-10/h1-4,12-13H,5-6H2. The summed E-state index contributed by atoms with van der Waals surface area (Å²) in [6.07, 6.45) is 0. The van der Waals surface area contributed by atoms with Crippen molar-refractivity contribution in [3.05, 3.63) is 37.8 Å². The topological polar surface area (TPSA) is 66.4 Å². The van der Waals surface area contributed by atoms with Crippen molar-refractivity contribution in [2.24, 2.45) is 0 Å². The molecule has 0 bridgehead atoms. The molecule has 0 saturated heterocycles. The normalized spacial score (nSPS) is 11.9. The Morgan fingerprint density at radius 1 is 1.33 bits per heavy atom. The Bertz CT molecular complexity index is 632. The molecule has 2 aromatic heterocycles. The van der Waals surface area contributed by atoms with Crippen LogP contribution in [0.25, 0.3) is 0 Å². The molecule has 0 aliphatic carbocycles. The predicted octanol–water partition coefficient (Wildman–Crippen LogP) is 2.54. The van der Waals surface area contributed by atoms with Gasteiger partial charge in [0.2, 0.25) is 10.0 Å². The van der Waals surface area contributed by atoms with E-state index in [9.17, 15) is 8.42 Å². The Kier molecular flexibility index (Phi) is 4.57. The van der Waals surface area contributed by atoms with Gasteiger partial charge in [0, 0.05) is 20.8 Å². The molecule has 0 fully saturated rings. The van der Waals surface area contributed by atoms with Gasteiger partial charge in [-0.05, 0) is 39.5 Å². The number of halogens is 1. The van der Waals surface area contributed by atoms with Gasteiger partial charge in [-0.25, -0.2) is 13.1 Å². The van der Waals surface area contributed by atoms with Gasteiger partial charge in [0.1, 0.15) is 4.21 Å². The van der Waals surface area contributed by atoms with Crippen LogP contribution in [0, 0.1) is 0 Å². The first kappa shape index (κ1) is 14.2. The van der Waals surface area contributed by atoms with Crippen molar-refractivity contribution in [1.29, 1.82) is 0 Å². The summed E-state index contributed by atoms with van der Waals surface area (Å²) < 4.78 is 27.6. The summed E-state index contributed by atoms with van der Waals surface area (Å²) in [6, 6.07) is 4.99. The number of hydrogen-bond acceptors (Lipinski definition) is 5. The van der Waals surface area contributed by atoms with Crippen LogP contribution < -0.4 is 4.72 Å². The Balaban J connectivity index is 2.10. The number of sulfonamides is 1. The van der Waals surface area contributed by atoms with Gasteiger partial charge in [0.15, 0.2) is 0 Å². The number of nitrogens with one attached hydrogen (secondary N) is 1. The third kappa shape index (κ3) is 3.19. The van der Waals surface area contributed by atoms with E-state index in [1.165, 1.54) is 17.4 Å². The van der Waals surface area contributed by atoms with E-state index < -0.39 is 10.0 Å². The van der Waals surface area contributed by atoms with Crippen molar-refractivity contribution in [2.45, 2.75) is 17.4 Å². The first-order valence-corrected chi connectivity index (χ1v) is 8.91. The number of aliphatic hydroxyl groups excluding tert-OH is 1. The highest BCUT2D eigenvalue weighted by Crippen LogP contribution is 2.24. The zero-order chi connectivity index (χ0) is 13.2. The molecule has 0 amide bonds. The molecule has 0 spiro atoms. The lowest BCUT2D eigenvalue weighted by molar-refractivity contribution is 0.285. The molecular weight excluding hydrogens is 358 g/mol. The SMILES string of the molecule is O=S(=O)(NCc1sccc1Br)c1ccc(CO)s1. The maximum atomic E-state index is 12.0. The summed E-state index contributed by atoms with van der Waals surface area (Å²) in [5, 5.41) is 10.8. The number of rotatable bonds is 5. The third-order valence-corrected chi connectivity index (χ3v) is 7.06. The second kappa shape index (κ2) is 5.81. The van der Waals surface area contributed by atoms with E-state index in [0.717, 1.165) is 20.7 Å². The van der Waals surface area contributed by atoms with Crippen LogP contribution in [0.1, 0.15) is 9.75 Å². The fourth-order valence-corrected chi connectivity index (χ4v) is 5.05. The van der Waals surface area contributed by atoms with Crippen LogP contribution in [0.3, 0.4) is 0 Å². The van der Waals surface area contributed by atoms with Crippen molar-refractivity contribution < 1.29 is 13.5 Å². The molecule has 0 aromatic carbocycles. The molecule has 0 aliphatic heterocycles. The molecule has 0 saturated carbocycles. The molecule has 8 heteroatoms. The minimum Gasteiger partial charge on any atom is -0.391 e. The highest BCUT2D eigenvalue weighted by molar-refractivity contribution is 9.10. The van der Waals surface area contributed by atoms with E-state index in [0.29, 0.717) is 4.88 Å². The summed E-state index contributed by atoms with van der Waals surface area (Å²) in [6.45, 7) is 0.115. The first-order valence-electron chi connectivity index (χ1n) is 4.94. The predicted molar refractivity (Wildman–Crippen MR) is 76.3 cm³/mol. The molecule has 2 aromatic rings. The minimum atomic E-state index is -3.50. The van der Waals surface area contributed by atoms with Crippen molar-refractivity contribution >= 4 is 48.6 Å². The molecule has 18 heavy (non-hydrogen) atoms. The van der Waals surface area contributed by atoms with E-state index in [1.54, 1.807) is 6.07 Å². The monoisotopic (exact) mass is 367 g/mol. The van der Waals surface area contributed by atoms with Crippen LogP contribution in [0.2, 0.25) is 0 Å². The molecule has 0 radical (unpaired) electrons. The van der Waals surface area contributed by atoms with Crippen LogP contribution in [0.15, 0.2) is 32.3 Å². The fraction of sp³-hybridized carbons (Fsp3) is 0.200. The van der Waals surface area contributed by atoms with E-state index in [4.69, 9.17) is 5.11 Å². The van der Waals surface area contributed by atoms with E-state index in [1.807, 2.05) is 11.4 Å². The molecule has 0 atom stereocenters. The van der Waals surface area contributed by atoms with Gasteiger partial charge in [-0.2, -0.15) is 0 Å². The largest absolute Gasteiger partial charge is 0.391 e. The number of thiophene rings is 2. The van der Waals surface area contributed by atoms with Crippen molar-refractivity contribution in [3.63, 3.8) is 0 Å².